The number of rotatable bonds is 4. The van der Waals surface area contributed by atoms with E-state index < -0.39 is 11.9 Å². The smallest absolute Gasteiger partial charge is 0.306 e. The summed E-state index contributed by atoms with van der Waals surface area (Å²) in [5.41, 5.74) is 2.06. The Morgan fingerprint density at radius 2 is 1.83 bits per heavy atom. The minimum atomic E-state index is -0.793. The highest BCUT2D eigenvalue weighted by molar-refractivity contribution is 6.00. The average Bonchev–Trinajstić information content (AvgIpc) is 3.23. The van der Waals surface area contributed by atoms with Crippen LogP contribution in [-0.2, 0) is 4.79 Å². The number of carboxylic acid groups (broad SMARTS) is 1. The van der Waals surface area contributed by atoms with Crippen LogP contribution in [0.1, 0.15) is 23.7 Å². The second-order valence-corrected chi connectivity index (χ2v) is 7.40. The number of carboxylic acids is 1. The van der Waals surface area contributed by atoms with E-state index >= 15 is 0 Å². The highest BCUT2D eigenvalue weighted by atomic mass is 16.4. The molecule has 2 unspecified atom stereocenters. The number of oxazole rings is 1. The summed E-state index contributed by atoms with van der Waals surface area (Å²) in [5, 5.41) is 9.32. The fraction of sp³-hybridized carbons (Fsp3) is 0.261. The van der Waals surface area contributed by atoms with Gasteiger partial charge in [0.15, 0.2) is 5.76 Å². The molecule has 2 atom stereocenters. The Morgan fingerprint density at radius 1 is 1.10 bits per heavy atom. The molecule has 1 aliphatic rings. The maximum absolute atomic E-state index is 13.2. The van der Waals surface area contributed by atoms with Crippen molar-refractivity contribution in [2.45, 2.75) is 13.3 Å². The number of hydrogen-bond acceptors (Lipinski definition) is 4. The maximum Gasteiger partial charge on any atom is 0.306 e. The molecule has 0 radical (unpaired) electrons. The van der Waals surface area contributed by atoms with Crippen molar-refractivity contribution in [1.82, 2.24) is 9.88 Å². The molecule has 2 heterocycles. The minimum Gasteiger partial charge on any atom is -0.481 e. The van der Waals surface area contributed by atoms with Crippen LogP contribution in [0.2, 0.25) is 0 Å². The van der Waals surface area contributed by atoms with Crippen LogP contribution in [0.4, 0.5) is 0 Å². The fourth-order valence-corrected chi connectivity index (χ4v) is 3.86. The summed E-state index contributed by atoms with van der Waals surface area (Å²) in [4.78, 5) is 30.7. The number of benzene rings is 2. The van der Waals surface area contributed by atoms with E-state index in [4.69, 9.17) is 4.42 Å². The minimum absolute atomic E-state index is 0.0937. The van der Waals surface area contributed by atoms with E-state index in [0.29, 0.717) is 42.3 Å². The van der Waals surface area contributed by atoms with Crippen molar-refractivity contribution >= 4 is 11.9 Å². The molecular weight excluding hydrogens is 368 g/mol. The van der Waals surface area contributed by atoms with Crippen LogP contribution in [0.15, 0.2) is 65.2 Å². The summed E-state index contributed by atoms with van der Waals surface area (Å²) in [6.07, 6.45) is 2.12. The third-order valence-corrected chi connectivity index (χ3v) is 5.46. The van der Waals surface area contributed by atoms with Gasteiger partial charge in [0.1, 0.15) is 0 Å². The Bertz CT molecular complexity index is 1030. The quantitative estimate of drug-likeness (QED) is 0.722. The van der Waals surface area contributed by atoms with Gasteiger partial charge >= 0.3 is 5.97 Å². The van der Waals surface area contributed by atoms with Gasteiger partial charge in [0.2, 0.25) is 5.89 Å². The molecule has 6 nitrogen and oxygen atoms in total. The van der Waals surface area contributed by atoms with Gasteiger partial charge in [-0.3, -0.25) is 9.59 Å². The number of carbonyl (C=O) groups is 2. The first-order valence-corrected chi connectivity index (χ1v) is 9.67. The molecule has 1 fully saturated rings. The molecule has 4 rings (SSSR count). The van der Waals surface area contributed by atoms with E-state index in [1.807, 2.05) is 55.5 Å². The lowest BCUT2D eigenvalue weighted by Crippen LogP contribution is -2.45. The third kappa shape index (κ3) is 3.78. The summed E-state index contributed by atoms with van der Waals surface area (Å²) in [5.74, 6) is -0.396. The normalized spacial score (nSPS) is 19.1. The second-order valence-electron chi connectivity index (χ2n) is 7.40. The van der Waals surface area contributed by atoms with Gasteiger partial charge in [-0.05, 0) is 24.5 Å². The summed E-state index contributed by atoms with van der Waals surface area (Å²) < 4.78 is 5.94. The van der Waals surface area contributed by atoms with Gasteiger partial charge in [-0.1, -0.05) is 49.4 Å². The Balaban J connectivity index is 1.60. The third-order valence-electron chi connectivity index (χ3n) is 5.46. The van der Waals surface area contributed by atoms with Crippen molar-refractivity contribution in [2.24, 2.45) is 11.8 Å². The fourth-order valence-electron chi connectivity index (χ4n) is 3.86. The first kappa shape index (κ1) is 18.9. The van der Waals surface area contributed by atoms with Crippen molar-refractivity contribution in [2.75, 3.05) is 13.1 Å². The van der Waals surface area contributed by atoms with Gasteiger partial charge in [0, 0.05) is 24.2 Å². The SMILES string of the molecule is CC1CN(C(=O)c2ccccc2-c2ncc(-c3ccccc3)o2)CCC1C(=O)O. The first-order chi connectivity index (χ1) is 14.0. The topological polar surface area (TPSA) is 83.6 Å². The molecule has 6 heteroatoms. The van der Waals surface area contributed by atoms with E-state index in [-0.39, 0.29) is 11.8 Å². The number of hydrogen-bond donors (Lipinski definition) is 1. The molecule has 1 saturated heterocycles. The van der Waals surface area contributed by atoms with Crippen LogP contribution in [0, 0.1) is 11.8 Å². The molecule has 0 saturated carbocycles. The monoisotopic (exact) mass is 390 g/mol. The van der Waals surface area contributed by atoms with Crippen LogP contribution in [-0.4, -0.2) is 40.0 Å². The highest BCUT2D eigenvalue weighted by Gasteiger charge is 2.34. The molecule has 0 bridgehead atoms. The Morgan fingerprint density at radius 3 is 2.55 bits per heavy atom. The second kappa shape index (κ2) is 7.91. The van der Waals surface area contributed by atoms with Crippen LogP contribution in [0.3, 0.4) is 0 Å². The predicted octanol–water partition coefficient (Wildman–Crippen LogP) is 4.19. The lowest BCUT2D eigenvalue weighted by Gasteiger charge is -2.35. The zero-order valence-corrected chi connectivity index (χ0v) is 16.1. The largest absolute Gasteiger partial charge is 0.481 e. The molecule has 3 aromatic rings. The van der Waals surface area contributed by atoms with Crippen LogP contribution in [0.5, 0.6) is 0 Å². The number of piperidine rings is 1. The number of amides is 1. The summed E-state index contributed by atoms with van der Waals surface area (Å²) in [6, 6.07) is 16.9. The number of likely N-dealkylation sites (tertiary alicyclic amines) is 1. The van der Waals surface area contributed by atoms with Gasteiger partial charge in [-0.15, -0.1) is 0 Å². The van der Waals surface area contributed by atoms with Gasteiger partial charge in [-0.25, -0.2) is 4.98 Å². The van der Waals surface area contributed by atoms with Crippen molar-refractivity contribution < 1.29 is 19.1 Å². The van der Waals surface area contributed by atoms with Gasteiger partial charge in [0.25, 0.3) is 5.91 Å². The van der Waals surface area contributed by atoms with Crippen molar-refractivity contribution in [1.29, 1.82) is 0 Å². The zero-order chi connectivity index (χ0) is 20.4. The summed E-state index contributed by atoms with van der Waals surface area (Å²) in [7, 11) is 0. The van der Waals surface area contributed by atoms with Crippen LogP contribution in [0.25, 0.3) is 22.8 Å². The van der Waals surface area contributed by atoms with Crippen molar-refractivity contribution in [3.8, 4) is 22.8 Å². The Hall–Kier alpha value is -3.41. The molecule has 1 aliphatic heterocycles. The van der Waals surface area contributed by atoms with E-state index in [1.54, 1.807) is 17.2 Å². The van der Waals surface area contributed by atoms with Gasteiger partial charge < -0.3 is 14.4 Å². The first-order valence-electron chi connectivity index (χ1n) is 9.67. The van der Waals surface area contributed by atoms with Crippen molar-refractivity contribution in [3.05, 3.63) is 66.4 Å². The Labute approximate surface area is 168 Å². The lowest BCUT2D eigenvalue weighted by atomic mass is 9.86. The molecular formula is C23H22N2O4. The standard InChI is InChI=1S/C23H22N2O4/c1-15-14-25(12-11-17(15)23(27)28)22(26)19-10-6-5-9-18(19)21-24-13-20(29-21)16-7-3-2-4-8-16/h2-10,13,15,17H,11-12,14H2,1H3,(H,27,28). The molecule has 0 aliphatic carbocycles. The molecule has 1 N–H and O–H groups in total. The zero-order valence-electron chi connectivity index (χ0n) is 16.1. The molecule has 1 aromatic heterocycles. The van der Waals surface area contributed by atoms with Crippen LogP contribution >= 0.6 is 0 Å². The van der Waals surface area contributed by atoms with E-state index in [2.05, 4.69) is 4.98 Å². The molecule has 148 valence electrons. The predicted molar refractivity (Wildman–Crippen MR) is 108 cm³/mol. The van der Waals surface area contributed by atoms with Gasteiger partial charge in [-0.2, -0.15) is 0 Å². The number of nitrogens with zero attached hydrogens (tertiary/aromatic N) is 2. The average molecular weight is 390 g/mol. The van der Waals surface area contributed by atoms with Crippen LogP contribution < -0.4 is 0 Å². The Kier molecular flexibility index (Phi) is 5.16. The molecule has 29 heavy (non-hydrogen) atoms. The highest BCUT2D eigenvalue weighted by Crippen LogP contribution is 2.30. The van der Waals surface area contributed by atoms with E-state index in [0.717, 1.165) is 5.56 Å². The maximum atomic E-state index is 13.2. The lowest BCUT2D eigenvalue weighted by molar-refractivity contribution is -0.145. The van der Waals surface area contributed by atoms with Gasteiger partial charge in [0.05, 0.1) is 17.7 Å². The number of carbonyl (C=O) groups excluding carboxylic acids is 1. The number of aliphatic carboxylic acids is 1. The molecule has 0 spiro atoms. The van der Waals surface area contributed by atoms with E-state index in [1.165, 1.54) is 0 Å². The van der Waals surface area contributed by atoms with E-state index in [9.17, 15) is 14.7 Å². The number of aromatic nitrogens is 1. The van der Waals surface area contributed by atoms with Crippen molar-refractivity contribution in [3.63, 3.8) is 0 Å². The summed E-state index contributed by atoms with van der Waals surface area (Å²) >= 11 is 0. The summed E-state index contributed by atoms with van der Waals surface area (Å²) in [6.45, 7) is 2.73. The molecule has 1 amide bonds. The molecule has 2 aromatic carbocycles.